The van der Waals surface area contributed by atoms with E-state index in [-0.39, 0.29) is 6.54 Å². The van der Waals surface area contributed by atoms with Crippen molar-refractivity contribution < 1.29 is 13.5 Å². The molecule has 0 saturated carbocycles. The van der Waals surface area contributed by atoms with Crippen molar-refractivity contribution in [2.75, 3.05) is 18.3 Å². The van der Waals surface area contributed by atoms with E-state index in [0.29, 0.717) is 19.4 Å². The number of nitrogens with zero attached hydrogens (tertiary/aromatic N) is 1. The molecule has 1 N–H and O–H groups in total. The highest BCUT2D eigenvalue weighted by Crippen LogP contribution is 2.22. The average molecular weight is 228 g/mol. The summed E-state index contributed by atoms with van der Waals surface area (Å²) in [6, 6.07) is 0. The molecule has 0 aliphatic carbocycles. The fourth-order valence-electron chi connectivity index (χ4n) is 1.48. The number of halogens is 1. The third kappa shape index (κ3) is 2.80. The number of hydrogen-bond acceptors (Lipinski definition) is 3. The summed E-state index contributed by atoms with van der Waals surface area (Å²) < 4.78 is 23.9. The molecule has 1 aliphatic rings. The van der Waals surface area contributed by atoms with Crippen molar-refractivity contribution in [3.05, 3.63) is 0 Å². The van der Waals surface area contributed by atoms with Gasteiger partial charge in [-0.3, -0.25) is 0 Å². The van der Waals surface area contributed by atoms with Crippen LogP contribution < -0.4 is 0 Å². The van der Waals surface area contributed by atoms with Gasteiger partial charge in [0.15, 0.2) is 0 Å². The first kappa shape index (κ1) is 11.2. The maximum atomic E-state index is 11.3. The van der Waals surface area contributed by atoms with E-state index in [4.69, 9.17) is 11.6 Å². The molecule has 0 aromatic heterocycles. The Kier molecular flexibility index (Phi) is 3.22. The van der Waals surface area contributed by atoms with Gasteiger partial charge in [-0.1, -0.05) is 0 Å². The number of alkyl halides is 1. The number of aliphatic hydroxyl groups is 1. The number of piperidine rings is 1. The zero-order chi connectivity index (χ0) is 10.1. The summed E-state index contributed by atoms with van der Waals surface area (Å²) in [6.45, 7) is 2.26. The van der Waals surface area contributed by atoms with Crippen LogP contribution in [0.1, 0.15) is 19.8 Å². The highest BCUT2D eigenvalue weighted by molar-refractivity contribution is 7.90. The second-order valence-corrected chi connectivity index (χ2v) is 6.21. The van der Waals surface area contributed by atoms with Crippen molar-refractivity contribution in [3.63, 3.8) is 0 Å². The smallest absolute Gasteiger partial charge is 0.228 e. The largest absolute Gasteiger partial charge is 0.389 e. The molecular formula is C7H14ClNO3S. The zero-order valence-corrected chi connectivity index (χ0v) is 9.11. The third-order valence-electron chi connectivity index (χ3n) is 2.17. The average Bonchev–Trinajstić information content (AvgIpc) is 2.03. The Labute approximate surface area is 83.5 Å². The topological polar surface area (TPSA) is 57.6 Å². The van der Waals surface area contributed by atoms with Crippen molar-refractivity contribution >= 4 is 21.6 Å². The summed E-state index contributed by atoms with van der Waals surface area (Å²) in [6.07, 6.45) is 1.32. The number of hydrogen-bond donors (Lipinski definition) is 1. The van der Waals surface area contributed by atoms with E-state index in [2.05, 4.69) is 0 Å². The Morgan fingerprint density at radius 3 is 2.69 bits per heavy atom. The molecule has 1 saturated heterocycles. The summed E-state index contributed by atoms with van der Waals surface area (Å²) in [5.41, 5.74) is -0.905. The monoisotopic (exact) mass is 227 g/mol. The first-order valence-electron chi connectivity index (χ1n) is 4.14. The fraction of sp³-hybridized carbons (Fsp3) is 1.00. The lowest BCUT2D eigenvalue weighted by Gasteiger charge is -2.35. The molecule has 1 unspecified atom stereocenters. The van der Waals surface area contributed by atoms with Crippen molar-refractivity contribution in [2.45, 2.75) is 25.4 Å². The minimum absolute atomic E-state index is 0.155. The van der Waals surface area contributed by atoms with Crippen molar-refractivity contribution in [1.29, 1.82) is 0 Å². The Morgan fingerprint density at radius 1 is 1.62 bits per heavy atom. The molecule has 0 radical (unpaired) electrons. The molecule has 0 amide bonds. The predicted octanol–water partition coefficient (Wildman–Crippen LogP) is 0.359. The number of β-amino-alcohol motifs (C(OH)–C–C–N with tert-alkyl or cyclic N) is 1. The van der Waals surface area contributed by atoms with Crippen LogP contribution in [-0.4, -0.2) is 41.7 Å². The van der Waals surface area contributed by atoms with Crippen LogP contribution >= 0.6 is 11.6 Å². The minimum Gasteiger partial charge on any atom is -0.389 e. The lowest BCUT2D eigenvalue weighted by atomic mass is 9.97. The molecule has 1 heterocycles. The summed E-state index contributed by atoms with van der Waals surface area (Å²) in [5.74, 6) is 0. The molecule has 0 aromatic rings. The Morgan fingerprint density at radius 2 is 2.23 bits per heavy atom. The lowest BCUT2D eigenvalue weighted by Crippen LogP contribution is -2.48. The first-order chi connectivity index (χ1) is 5.87. The molecule has 1 atom stereocenters. The molecule has 0 aromatic carbocycles. The van der Waals surface area contributed by atoms with Gasteiger partial charge in [0, 0.05) is 13.1 Å². The van der Waals surface area contributed by atoms with Gasteiger partial charge in [0.05, 0.1) is 5.60 Å². The summed E-state index contributed by atoms with van der Waals surface area (Å²) in [7, 11) is -3.35. The van der Waals surface area contributed by atoms with Crippen LogP contribution in [0, 0.1) is 0 Å². The molecule has 1 aliphatic heterocycles. The minimum atomic E-state index is -3.35. The van der Waals surface area contributed by atoms with Crippen molar-refractivity contribution in [3.8, 4) is 0 Å². The van der Waals surface area contributed by atoms with E-state index in [1.165, 1.54) is 4.31 Å². The molecule has 1 rings (SSSR count). The number of sulfonamides is 1. The summed E-state index contributed by atoms with van der Waals surface area (Å²) >= 11 is 5.31. The molecule has 13 heavy (non-hydrogen) atoms. The van der Waals surface area contributed by atoms with Gasteiger partial charge in [0.2, 0.25) is 10.0 Å². The van der Waals surface area contributed by atoms with Gasteiger partial charge in [-0.05, 0) is 19.8 Å². The Bertz CT molecular complexity index is 275. The predicted molar refractivity (Wildman–Crippen MR) is 51.1 cm³/mol. The maximum absolute atomic E-state index is 11.3. The second-order valence-electron chi connectivity index (χ2n) is 3.66. The summed E-state index contributed by atoms with van der Waals surface area (Å²) in [5, 5.41) is 9.24. The van der Waals surface area contributed by atoms with Crippen LogP contribution in [0.2, 0.25) is 0 Å². The molecule has 6 heteroatoms. The van der Waals surface area contributed by atoms with Crippen LogP contribution in [0.4, 0.5) is 0 Å². The highest BCUT2D eigenvalue weighted by Gasteiger charge is 2.33. The molecule has 78 valence electrons. The van der Waals surface area contributed by atoms with Gasteiger partial charge >= 0.3 is 0 Å². The fourth-order valence-corrected chi connectivity index (χ4v) is 2.91. The van der Waals surface area contributed by atoms with Gasteiger partial charge in [-0.15, -0.1) is 11.6 Å². The lowest BCUT2D eigenvalue weighted by molar-refractivity contribution is 0.00953. The van der Waals surface area contributed by atoms with Crippen molar-refractivity contribution in [1.82, 2.24) is 4.31 Å². The van der Waals surface area contributed by atoms with Crippen LogP contribution in [0.25, 0.3) is 0 Å². The first-order valence-corrected chi connectivity index (χ1v) is 6.28. The highest BCUT2D eigenvalue weighted by atomic mass is 35.5. The second kappa shape index (κ2) is 3.73. The van der Waals surface area contributed by atoms with E-state index < -0.39 is 20.8 Å². The van der Waals surface area contributed by atoms with E-state index in [0.717, 1.165) is 0 Å². The van der Waals surface area contributed by atoms with Gasteiger partial charge < -0.3 is 5.11 Å². The van der Waals surface area contributed by atoms with E-state index in [1.54, 1.807) is 6.92 Å². The zero-order valence-electron chi connectivity index (χ0n) is 7.53. The van der Waals surface area contributed by atoms with Gasteiger partial charge in [-0.25, -0.2) is 8.42 Å². The van der Waals surface area contributed by atoms with E-state index in [9.17, 15) is 13.5 Å². The molecule has 0 spiro atoms. The standard InChI is InChI=1S/C7H14ClNO3S/c1-7(10)3-2-4-9(5-7)13(11,12)6-8/h10H,2-6H2,1H3. The Balaban J connectivity index is 2.73. The summed E-state index contributed by atoms with van der Waals surface area (Å²) in [4.78, 5) is 0. The Hall–Kier alpha value is 0.160. The number of rotatable bonds is 2. The molecule has 1 fully saturated rings. The van der Waals surface area contributed by atoms with Gasteiger partial charge in [-0.2, -0.15) is 4.31 Å². The van der Waals surface area contributed by atoms with Gasteiger partial charge in [0.1, 0.15) is 5.21 Å². The van der Waals surface area contributed by atoms with Crippen molar-refractivity contribution in [2.24, 2.45) is 0 Å². The van der Waals surface area contributed by atoms with Crippen LogP contribution in [-0.2, 0) is 10.0 Å². The molecule has 0 bridgehead atoms. The quantitative estimate of drug-likeness (QED) is 0.693. The van der Waals surface area contributed by atoms with Crippen LogP contribution in [0.15, 0.2) is 0 Å². The SMILES string of the molecule is CC1(O)CCCN(S(=O)(=O)CCl)C1. The third-order valence-corrected chi connectivity index (χ3v) is 4.37. The maximum Gasteiger partial charge on any atom is 0.228 e. The molecular weight excluding hydrogens is 214 g/mol. The van der Waals surface area contributed by atoms with E-state index >= 15 is 0 Å². The van der Waals surface area contributed by atoms with Crippen LogP contribution in [0.3, 0.4) is 0 Å². The van der Waals surface area contributed by atoms with Gasteiger partial charge in [0.25, 0.3) is 0 Å². The normalized spacial score (nSPS) is 31.9. The van der Waals surface area contributed by atoms with E-state index in [1.807, 2.05) is 0 Å². The van der Waals surface area contributed by atoms with Crippen LogP contribution in [0.5, 0.6) is 0 Å². The molecule has 4 nitrogen and oxygen atoms in total.